The molecule has 0 spiro atoms. The van der Waals surface area contributed by atoms with E-state index in [2.05, 4.69) is 19.1 Å². The number of carboxylic acids is 1. The molecule has 31 heavy (non-hydrogen) atoms. The first kappa shape index (κ1) is 27.2. The fraction of sp³-hybridized carbons (Fsp3) is 0.667. The van der Waals surface area contributed by atoms with Gasteiger partial charge in [-0.05, 0) is 44.2 Å². The summed E-state index contributed by atoms with van der Waals surface area (Å²) in [6.07, 6.45) is 21.6. The Hall–Kier alpha value is -1.81. The summed E-state index contributed by atoms with van der Waals surface area (Å²) in [7, 11) is 0. The molecule has 0 aliphatic carbocycles. The minimum absolute atomic E-state index is 0.332. The van der Waals surface area contributed by atoms with Crippen molar-refractivity contribution in [2.24, 2.45) is 0 Å². The molecule has 1 fully saturated rings. The maximum absolute atomic E-state index is 10.3. The molecule has 0 aromatic heterocycles. The second kappa shape index (κ2) is 20.1. The Morgan fingerprint density at radius 2 is 1.48 bits per heavy atom. The normalized spacial score (nSPS) is 14.8. The van der Waals surface area contributed by atoms with E-state index in [1.807, 2.05) is 30.3 Å². The van der Waals surface area contributed by atoms with Crippen LogP contribution in [0.25, 0.3) is 0 Å². The van der Waals surface area contributed by atoms with Gasteiger partial charge in [-0.15, -0.1) is 0 Å². The fourth-order valence-corrected chi connectivity index (χ4v) is 3.22. The minimum atomic E-state index is -0.664. The van der Waals surface area contributed by atoms with Crippen molar-refractivity contribution in [3.8, 4) is 5.75 Å². The van der Waals surface area contributed by atoms with E-state index < -0.39 is 5.97 Å². The largest absolute Gasteiger partial charge is 0.491 e. The third-order valence-electron chi connectivity index (χ3n) is 5.23. The van der Waals surface area contributed by atoms with Crippen LogP contribution in [0, 0.1) is 0 Å². The summed E-state index contributed by atoms with van der Waals surface area (Å²) in [4.78, 5) is 10.3. The van der Waals surface area contributed by atoms with Crippen LogP contribution < -0.4 is 4.74 Å². The number of benzene rings is 1. The first-order valence-electron chi connectivity index (χ1n) is 12.4. The highest BCUT2D eigenvalue weighted by Gasteiger charge is 2.22. The molecule has 1 aliphatic heterocycles. The van der Waals surface area contributed by atoms with Crippen molar-refractivity contribution in [1.29, 1.82) is 0 Å². The van der Waals surface area contributed by atoms with Crippen molar-refractivity contribution >= 4 is 5.97 Å². The van der Waals surface area contributed by atoms with Crippen LogP contribution in [0.15, 0.2) is 42.5 Å². The molecule has 0 bridgehead atoms. The maximum atomic E-state index is 10.3. The zero-order valence-electron chi connectivity index (χ0n) is 19.6. The predicted molar refractivity (Wildman–Crippen MR) is 129 cm³/mol. The number of ether oxygens (including phenoxy) is 2. The van der Waals surface area contributed by atoms with Gasteiger partial charge in [0.25, 0.3) is 0 Å². The van der Waals surface area contributed by atoms with Crippen LogP contribution in [0.4, 0.5) is 0 Å². The number of unbranched alkanes of at least 4 members (excludes halogenated alkanes) is 11. The number of carbonyl (C=O) groups is 1. The predicted octanol–water partition coefficient (Wildman–Crippen LogP) is 7.57. The topological polar surface area (TPSA) is 59.1 Å². The van der Waals surface area contributed by atoms with Crippen LogP contribution in [0.2, 0.25) is 0 Å². The zero-order valence-corrected chi connectivity index (χ0v) is 19.6. The molecular formula is C27H44O4. The van der Waals surface area contributed by atoms with Crippen LogP contribution >= 0.6 is 0 Å². The lowest BCUT2D eigenvalue weighted by atomic mass is 10.1. The molecule has 0 radical (unpaired) electrons. The van der Waals surface area contributed by atoms with Gasteiger partial charge in [-0.3, -0.25) is 4.79 Å². The number of rotatable bonds is 18. The van der Waals surface area contributed by atoms with E-state index in [1.54, 1.807) is 0 Å². The third kappa shape index (κ3) is 19.9. The molecule has 2 rings (SSSR count). The van der Waals surface area contributed by atoms with Crippen LogP contribution in [-0.2, 0) is 9.53 Å². The molecule has 176 valence electrons. The molecule has 1 aliphatic rings. The first-order chi connectivity index (χ1) is 15.2. The Kier molecular flexibility index (Phi) is 17.7. The molecule has 1 atom stereocenters. The molecule has 0 amide bonds. The SMILES string of the molecule is CCCCCCCC/C=C\CCCCCCCC(=O)O.c1ccc(OCC2CO2)cc1. The van der Waals surface area contributed by atoms with Crippen LogP contribution in [-0.4, -0.2) is 30.4 Å². The Balaban J connectivity index is 0.000000361. The monoisotopic (exact) mass is 432 g/mol. The van der Waals surface area contributed by atoms with E-state index in [4.69, 9.17) is 14.6 Å². The van der Waals surface area contributed by atoms with Crippen molar-refractivity contribution < 1.29 is 19.4 Å². The van der Waals surface area contributed by atoms with E-state index in [0.717, 1.165) is 25.2 Å². The van der Waals surface area contributed by atoms with E-state index in [9.17, 15) is 4.79 Å². The summed E-state index contributed by atoms with van der Waals surface area (Å²) in [5, 5.41) is 8.51. The number of carboxylic acid groups (broad SMARTS) is 1. The van der Waals surface area contributed by atoms with Crippen molar-refractivity contribution in [3.05, 3.63) is 42.5 Å². The van der Waals surface area contributed by atoms with Gasteiger partial charge in [-0.2, -0.15) is 0 Å². The quantitative estimate of drug-likeness (QED) is 0.148. The lowest BCUT2D eigenvalue weighted by Crippen LogP contribution is -2.03. The maximum Gasteiger partial charge on any atom is 0.303 e. The van der Waals surface area contributed by atoms with E-state index in [0.29, 0.717) is 19.1 Å². The van der Waals surface area contributed by atoms with Crippen molar-refractivity contribution in [1.82, 2.24) is 0 Å². The van der Waals surface area contributed by atoms with Gasteiger partial charge in [0, 0.05) is 6.42 Å². The van der Waals surface area contributed by atoms with Crippen LogP contribution in [0.1, 0.15) is 96.8 Å². The Labute approximate surface area is 190 Å². The number of hydrogen-bond acceptors (Lipinski definition) is 3. The highest BCUT2D eigenvalue weighted by molar-refractivity contribution is 5.66. The van der Waals surface area contributed by atoms with Gasteiger partial charge in [-0.1, -0.05) is 88.6 Å². The average Bonchev–Trinajstić information content (AvgIpc) is 3.61. The molecule has 1 aromatic rings. The molecule has 1 aromatic carbocycles. The summed E-state index contributed by atoms with van der Waals surface area (Å²) in [6, 6.07) is 9.79. The lowest BCUT2D eigenvalue weighted by molar-refractivity contribution is -0.137. The minimum Gasteiger partial charge on any atom is -0.491 e. The van der Waals surface area contributed by atoms with Gasteiger partial charge in [0.05, 0.1) is 6.61 Å². The Morgan fingerprint density at radius 3 is 2.03 bits per heavy atom. The van der Waals surface area contributed by atoms with Gasteiger partial charge in [0.1, 0.15) is 18.5 Å². The molecule has 1 heterocycles. The summed E-state index contributed by atoms with van der Waals surface area (Å²) >= 11 is 0. The van der Waals surface area contributed by atoms with Crippen molar-refractivity contribution in [2.45, 2.75) is 103 Å². The van der Waals surface area contributed by atoms with Gasteiger partial charge >= 0.3 is 5.97 Å². The first-order valence-corrected chi connectivity index (χ1v) is 12.4. The second-order valence-electron chi connectivity index (χ2n) is 8.31. The molecule has 1 N–H and O–H groups in total. The van der Waals surface area contributed by atoms with Gasteiger partial charge < -0.3 is 14.6 Å². The number of para-hydroxylation sites is 1. The fourth-order valence-electron chi connectivity index (χ4n) is 3.22. The lowest BCUT2D eigenvalue weighted by Gasteiger charge is -2.01. The molecule has 4 nitrogen and oxygen atoms in total. The standard InChI is InChI=1S/C18H34O2.C9H10O2/c1-2-3-4-5-6-7-8-9-10-11-12-13-14-15-16-17-18(19)20;1-2-4-8(5-3-1)10-6-9-7-11-9/h9-10H,2-8,11-17H2,1H3,(H,19,20);1-5,9H,6-7H2/b10-9-;. The third-order valence-corrected chi connectivity index (χ3v) is 5.23. The van der Waals surface area contributed by atoms with Gasteiger partial charge in [0.2, 0.25) is 0 Å². The molecule has 0 saturated carbocycles. The number of aliphatic carboxylic acids is 1. The van der Waals surface area contributed by atoms with Crippen molar-refractivity contribution in [2.75, 3.05) is 13.2 Å². The summed E-state index contributed by atoms with van der Waals surface area (Å²) < 4.78 is 10.4. The molecular weight excluding hydrogens is 388 g/mol. The summed E-state index contributed by atoms with van der Waals surface area (Å²) in [5.41, 5.74) is 0. The van der Waals surface area contributed by atoms with E-state index >= 15 is 0 Å². The second-order valence-corrected chi connectivity index (χ2v) is 8.31. The molecule has 1 unspecified atom stereocenters. The molecule has 1 saturated heterocycles. The Bertz CT molecular complexity index is 552. The van der Waals surface area contributed by atoms with E-state index in [1.165, 1.54) is 70.6 Å². The number of hydrogen-bond donors (Lipinski definition) is 1. The zero-order chi connectivity index (χ0) is 22.4. The average molecular weight is 433 g/mol. The van der Waals surface area contributed by atoms with Crippen molar-refractivity contribution in [3.63, 3.8) is 0 Å². The Morgan fingerprint density at radius 1 is 0.935 bits per heavy atom. The number of epoxide rings is 1. The van der Waals surface area contributed by atoms with E-state index in [-0.39, 0.29) is 0 Å². The number of allylic oxidation sites excluding steroid dienone is 2. The highest BCUT2D eigenvalue weighted by atomic mass is 16.6. The highest BCUT2D eigenvalue weighted by Crippen LogP contribution is 2.13. The van der Waals surface area contributed by atoms with Gasteiger partial charge in [-0.25, -0.2) is 0 Å². The van der Waals surface area contributed by atoms with Crippen LogP contribution in [0.5, 0.6) is 5.75 Å². The summed E-state index contributed by atoms with van der Waals surface area (Å²) in [5.74, 6) is 0.255. The summed E-state index contributed by atoms with van der Waals surface area (Å²) in [6.45, 7) is 3.80. The van der Waals surface area contributed by atoms with Crippen LogP contribution in [0.3, 0.4) is 0 Å². The molecule has 4 heteroatoms. The smallest absolute Gasteiger partial charge is 0.303 e. The van der Waals surface area contributed by atoms with Gasteiger partial charge in [0.15, 0.2) is 0 Å².